The van der Waals surface area contributed by atoms with Crippen molar-refractivity contribution in [1.29, 1.82) is 5.26 Å². The summed E-state index contributed by atoms with van der Waals surface area (Å²) in [6.07, 6.45) is 1.53. The molecular weight excluding hydrogens is 256 g/mol. The molecule has 2 aromatic rings. The molecule has 6 nitrogen and oxygen atoms in total. The second kappa shape index (κ2) is 5.80. The van der Waals surface area contributed by atoms with Gasteiger partial charge in [0.05, 0.1) is 5.56 Å². The minimum atomic E-state index is -0.949. The van der Waals surface area contributed by atoms with Crippen LogP contribution in [0.4, 0.5) is 5.95 Å². The maximum Gasteiger partial charge on any atom is 0.335 e. The van der Waals surface area contributed by atoms with Crippen molar-refractivity contribution in [1.82, 2.24) is 9.97 Å². The molecule has 20 heavy (non-hydrogen) atoms. The van der Waals surface area contributed by atoms with Gasteiger partial charge in [0, 0.05) is 19.8 Å². The van der Waals surface area contributed by atoms with Crippen molar-refractivity contribution in [2.75, 3.05) is 11.9 Å². The zero-order valence-electron chi connectivity index (χ0n) is 10.8. The fourth-order valence-corrected chi connectivity index (χ4v) is 1.69. The first-order chi connectivity index (χ1) is 9.60. The van der Waals surface area contributed by atoms with Crippen molar-refractivity contribution >= 4 is 11.9 Å². The summed E-state index contributed by atoms with van der Waals surface area (Å²) < 4.78 is 0. The number of hydrogen-bond donors (Lipinski definition) is 1. The summed E-state index contributed by atoms with van der Waals surface area (Å²) in [6, 6.07) is 10.1. The lowest BCUT2D eigenvalue weighted by Gasteiger charge is -2.16. The quantitative estimate of drug-likeness (QED) is 0.907. The highest BCUT2D eigenvalue weighted by molar-refractivity contribution is 5.87. The Bertz CT molecular complexity index is 662. The fraction of sp³-hybridized carbons (Fsp3) is 0.143. The van der Waals surface area contributed by atoms with Crippen LogP contribution in [0.5, 0.6) is 0 Å². The Balaban J connectivity index is 2.12. The summed E-state index contributed by atoms with van der Waals surface area (Å²) in [5.74, 6) is -0.499. The largest absolute Gasteiger partial charge is 0.478 e. The van der Waals surface area contributed by atoms with Crippen molar-refractivity contribution in [3.63, 3.8) is 0 Å². The van der Waals surface area contributed by atoms with Gasteiger partial charge in [-0.15, -0.1) is 0 Å². The molecule has 0 aliphatic rings. The molecule has 6 heteroatoms. The molecule has 0 unspecified atom stereocenters. The van der Waals surface area contributed by atoms with Crippen LogP contribution < -0.4 is 4.90 Å². The average Bonchev–Trinajstić information content (AvgIpc) is 2.47. The predicted octanol–water partition coefficient (Wildman–Crippen LogP) is 1.68. The highest BCUT2D eigenvalue weighted by Gasteiger charge is 2.07. The molecule has 1 heterocycles. The standard InChI is InChI=1S/C14H12N4O2/c1-18(14-16-7-6-12(8-15)17-14)9-10-2-4-11(5-3-10)13(19)20/h2-7H,9H2,1H3,(H,19,20). The molecule has 100 valence electrons. The normalized spacial score (nSPS) is 9.80. The van der Waals surface area contributed by atoms with Crippen molar-refractivity contribution in [2.45, 2.75) is 6.54 Å². The van der Waals surface area contributed by atoms with E-state index in [1.165, 1.54) is 6.20 Å². The fourth-order valence-electron chi connectivity index (χ4n) is 1.69. The predicted molar refractivity (Wildman–Crippen MR) is 72.3 cm³/mol. The second-order valence-corrected chi connectivity index (χ2v) is 4.21. The van der Waals surface area contributed by atoms with Crippen LogP contribution in [0.3, 0.4) is 0 Å². The number of carboxylic acid groups (broad SMARTS) is 1. The number of aromatic carboxylic acids is 1. The van der Waals surface area contributed by atoms with Crippen LogP contribution in [0.25, 0.3) is 0 Å². The van der Waals surface area contributed by atoms with Crippen LogP contribution in [0, 0.1) is 11.3 Å². The second-order valence-electron chi connectivity index (χ2n) is 4.21. The summed E-state index contributed by atoms with van der Waals surface area (Å²) in [5, 5.41) is 17.6. The van der Waals surface area contributed by atoms with Gasteiger partial charge in [0.2, 0.25) is 5.95 Å². The summed E-state index contributed by atoms with van der Waals surface area (Å²) in [4.78, 5) is 20.7. The molecule has 0 saturated heterocycles. The Morgan fingerprint density at radius 3 is 2.65 bits per heavy atom. The van der Waals surface area contributed by atoms with Gasteiger partial charge in [0.15, 0.2) is 0 Å². The third-order valence-corrected chi connectivity index (χ3v) is 2.72. The van der Waals surface area contributed by atoms with Gasteiger partial charge in [-0.3, -0.25) is 0 Å². The third kappa shape index (κ3) is 3.09. The van der Waals surface area contributed by atoms with E-state index in [4.69, 9.17) is 10.4 Å². The molecule has 0 atom stereocenters. The van der Waals surface area contributed by atoms with Crippen LogP contribution in [0.15, 0.2) is 36.5 Å². The number of hydrogen-bond acceptors (Lipinski definition) is 5. The van der Waals surface area contributed by atoms with E-state index in [0.29, 0.717) is 18.2 Å². The lowest BCUT2D eigenvalue weighted by molar-refractivity contribution is 0.0697. The summed E-state index contributed by atoms with van der Waals surface area (Å²) in [6.45, 7) is 0.523. The molecule has 0 spiro atoms. The molecule has 0 fully saturated rings. The van der Waals surface area contributed by atoms with E-state index in [0.717, 1.165) is 5.56 Å². The van der Waals surface area contributed by atoms with Crippen molar-refractivity contribution in [2.24, 2.45) is 0 Å². The number of benzene rings is 1. The number of carbonyl (C=O) groups is 1. The van der Waals surface area contributed by atoms with Gasteiger partial charge < -0.3 is 10.0 Å². The lowest BCUT2D eigenvalue weighted by atomic mass is 10.1. The zero-order valence-corrected chi connectivity index (χ0v) is 10.8. The highest BCUT2D eigenvalue weighted by Crippen LogP contribution is 2.11. The SMILES string of the molecule is CN(Cc1ccc(C(=O)O)cc1)c1nccc(C#N)n1. The first-order valence-electron chi connectivity index (χ1n) is 5.86. The topological polar surface area (TPSA) is 90.1 Å². The Morgan fingerprint density at radius 2 is 2.05 bits per heavy atom. The maximum absolute atomic E-state index is 10.8. The minimum absolute atomic E-state index is 0.249. The van der Waals surface area contributed by atoms with Gasteiger partial charge in [-0.1, -0.05) is 12.1 Å². The minimum Gasteiger partial charge on any atom is -0.478 e. The number of nitrogens with zero attached hydrogens (tertiary/aromatic N) is 4. The molecule has 1 aromatic carbocycles. The van der Waals surface area contributed by atoms with Crippen LogP contribution in [-0.2, 0) is 6.54 Å². The summed E-state index contributed by atoms with van der Waals surface area (Å²) in [7, 11) is 1.81. The van der Waals surface area contributed by atoms with Crippen LogP contribution in [0.1, 0.15) is 21.6 Å². The van der Waals surface area contributed by atoms with E-state index in [9.17, 15) is 4.79 Å². The van der Waals surface area contributed by atoms with Crippen molar-refractivity contribution in [3.05, 3.63) is 53.3 Å². The molecular formula is C14H12N4O2. The van der Waals surface area contributed by atoms with Gasteiger partial charge in [0.1, 0.15) is 11.8 Å². The van der Waals surface area contributed by atoms with E-state index >= 15 is 0 Å². The Kier molecular flexibility index (Phi) is 3.91. The van der Waals surface area contributed by atoms with Crippen LogP contribution >= 0.6 is 0 Å². The molecule has 0 saturated carbocycles. The van der Waals surface area contributed by atoms with E-state index in [1.807, 2.05) is 13.1 Å². The van der Waals surface area contributed by atoms with E-state index < -0.39 is 5.97 Å². The Labute approximate surface area is 115 Å². The number of aromatic nitrogens is 2. The molecule has 0 radical (unpaired) electrons. The monoisotopic (exact) mass is 268 g/mol. The lowest BCUT2D eigenvalue weighted by Crippen LogP contribution is -2.19. The summed E-state index contributed by atoms with van der Waals surface area (Å²) in [5.41, 5.74) is 1.49. The molecule has 0 aliphatic carbocycles. The highest BCUT2D eigenvalue weighted by atomic mass is 16.4. The van der Waals surface area contributed by atoms with E-state index in [2.05, 4.69) is 9.97 Å². The van der Waals surface area contributed by atoms with Gasteiger partial charge in [-0.2, -0.15) is 5.26 Å². The number of rotatable bonds is 4. The maximum atomic E-state index is 10.8. The molecule has 1 aromatic heterocycles. The van der Waals surface area contributed by atoms with Crippen molar-refractivity contribution < 1.29 is 9.90 Å². The molecule has 2 rings (SSSR count). The average molecular weight is 268 g/mol. The first kappa shape index (κ1) is 13.5. The Hall–Kier alpha value is -2.94. The van der Waals surface area contributed by atoms with Gasteiger partial charge in [-0.25, -0.2) is 14.8 Å². The summed E-state index contributed by atoms with van der Waals surface area (Å²) >= 11 is 0. The molecule has 1 N–H and O–H groups in total. The first-order valence-corrected chi connectivity index (χ1v) is 5.86. The van der Waals surface area contributed by atoms with Crippen LogP contribution in [-0.4, -0.2) is 28.1 Å². The smallest absolute Gasteiger partial charge is 0.335 e. The van der Waals surface area contributed by atoms with Gasteiger partial charge >= 0.3 is 5.97 Å². The molecule has 0 bridgehead atoms. The molecule has 0 amide bonds. The van der Waals surface area contributed by atoms with E-state index in [1.54, 1.807) is 35.2 Å². The zero-order chi connectivity index (χ0) is 14.5. The number of nitriles is 1. The van der Waals surface area contributed by atoms with Crippen molar-refractivity contribution in [3.8, 4) is 6.07 Å². The third-order valence-electron chi connectivity index (χ3n) is 2.72. The molecule has 0 aliphatic heterocycles. The number of carboxylic acids is 1. The van der Waals surface area contributed by atoms with Gasteiger partial charge in [-0.05, 0) is 23.8 Å². The van der Waals surface area contributed by atoms with E-state index in [-0.39, 0.29) is 5.56 Å². The Morgan fingerprint density at radius 1 is 1.35 bits per heavy atom. The van der Waals surface area contributed by atoms with Gasteiger partial charge in [0.25, 0.3) is 0 Å². The van der Waals surface area contributed by atoms with Crippen LogP contribution in [0.2, 0.25) is 0 Å². The number of anilines is 1.